The maximum atomic E-state index is 12.8. The molecule has 0 atom stereocenters. The van der Waals surface area contributed by atoms with E-state index in [4.69, 9.17) is 0 Å². The van der Waals surface area contributed by atoms with Gasteiger partial charge in [-0.1, -0.05) is 19.1 Å². The number of amides is 2. The number of hydrogen-bond acceptors (Lipinski definition) is 4. The van der Waals surface area contributed by atoms with Crippen molar-refractivity contribution < 1.29 is 4.79 Å². The molecule has 3 rings (SSSR count). The number of benzene rings is 1. The van der Waals surface area contributed by atoms with Gasteiger partial charge in [0.15, 0.2) is 0 Å². The van der Waals surface area contributed by atoms with Gasteiger partial charge in [-0.15, -0.1) is 0 Å². The number of anilines is 2. The van der Waals surface area contributed by atoms with Crippen LogP contribution in [0.2, 0.25) is 0 Å². The first-order valence-electron chi connectivity index (χ1n) is 9.24. The SMILES string of the molecule is CCc1cccc(NC(=O)N2CCc3nc(C)nc(N(C)CC)c3C2)c1. The number of carbonyl (C=O) groups excluding carboxylic acids is 1. The van der Waals surface area contributed by atoms with Gasteiger partial charge in [0, 0.05) is 37.8 Å². The van der Waals surface area contributed by atoms with E-state index in [-0.39, 0.29) is 6.03 Å². The molecular formula is C20H27N5O. The minimum Gasteiger partial charge on any atom is -0.360 e. The average molecular weight is 353 g/mol. The Bertz CT molecular complexity index is 805. The second-order valence-electron chi connectivity index (χ2n) is 6.69. The van der Waals surface area contributed by atoms with Crippen LogP contribution in [-0.4, -0.2) is 41.0 Å². The molecule has 1 aromatic heterocycles. The quantitative estimate of drug-likeness (QED) is 0.915. The Kier molecular flexibility index (Phi) is 5.40. The summed E-state index contributed by atoms with van der Waals surface area (Å²) in [6.45, 7) is 8.19. The highest BCUT2D eigenvalue weighted by molar-refractivity contribution is 5.89. The van der Waals surface area contributed by atoms with Crippen LogP contribution in [0.3, 0.4) is 0 Å². The van der Waals surface area contributed by atoms with Crippen LogP contribution in [0.1, 0.15) is 36.5 Å². The molecule has 1 aliphatic heterocycles. The molecule has 0 fully saturated rings. The first-order chi connectivity index (χ1) is 12.5. The van der Waals surface area contributed by atoms with Crippen molar-refractivity contribution in [3.63, 3.8) is 0 Å². The summed E-state index contributed by atoms with van der Waals surface area (Å²) < 4.78 is 0. The minimum absolute atomic E-state index is 0.0745. The summed E-state index contributed by atoms with van der Waals surface area (Å²) >= 11 is 0. The number of hydrogen-bond donors (Lipinski definition) is 1. The zero-order valence-corrected chi connectivity index (χ0v) is 16.0. The van der Waals surface area contributed by atoms with Gasteiger partial charge in [-0.05, 0) is 38.0 Å². The number of aromatic nitrogens is 2. The minimum atomic E-state index is -0.0745. The van der Waals surface area contributed by atoms with Crippen LogP contribution >= 0.6 is 0 Å². The summed E-state index contributed by atoms with van der Waals surface area (Å²) in [5.41, 5.74) is 4.17. The fraction of sp³-hybridized carbons (Fsp3) is 0.450. The smallest absolute Gasteiger partial charge is 0.322 e. The van der Waals surface area contributed by atoms with Gasteiger partial charge in [0.2, 0.25) is 0 Å². The second-order valence-corrected chi connectivity index (χ2v) is 6.69. The van der Waals surface area contributed by atoms with Crippen molar-refractivity contribution in [3.05, 3.63) is 46.9 Å². The number of nitrogens with one attached hydrogen (secondary N) is 1. The van der Waals surface area contributed by atoms with Crippen LogP contribution in [0.5, 0.6) is 0 Å². The third-order valence-electron chi connectivity index (χ3n) is 4.86. The third-order valence-corrected chi connectivity index (χ3v) is 4.86. The Morgan fingerprint density at radius 1 is 1.31 bits per heavy atom. The Morgan fingerprint density at radius 2 is 2.12 bits per heavy atom. The van der Waals surface area contributed by atoms with E-state index < -0.39 is 0 Å². The van der Waals surface area contributed by atoms with Gasteiger partial charge in [0.05, 0.1) is 12.2 Å². The first kappa shape index (κ1) is 18.2. The number of carbonyl (C=O) groups is 1. The highest BCUT2D eigenvalue weighted by Gasteiger charge is 2.26. The van der Waals surface area contributed by atoms with Crippen molar-refractivity contribution in [2.75, 3.05) is 30.4 Å². The first-order valence-corrected chi connectivity index (χ1v) is 9.24. The molecule has 1 aliphatic rings. The zero-order chi connectivity index (χ0) is 18.7. The molecule has 6 nitrogen and oxygen atoms in total. The number of rotatable bonds is 4. The molecular weight excluding hydrogens is 326 g/mol. The van der Waals surface area contributed by atoms with E-state index in [9.17, 15) is 4.79 Å². The maximum Gasteiger partial charge on any atom is 0.322 e. The van der Waals surface area contributed by atoms with Gasteiger partial charge >= 0.3 is 6.03 Å². The van der Waals surface area contributed by atoms with Crippen LogP contribution in [0.15, 0.2) is 24.3 Å². The number of fused-ring (bicyclic) bond motifs is 1. The zero-order valence-electron chi connectivity index (χ0n) is 16.0. The van der Waals surface area contributed by atoms with Crippen molar-refractivity contribution in [1.82, 2.24) is 14.9 Å². The van der Waals surface area contributed by atoms with Gasteiger partial charge in [-0.25, -0.2) is 14.8 Å². The molecule has 0 spiro atoms. The third kappa shape index (κ3) is 3.79. The van der Waals surface area contributed by atoms with E-state index in [0.29, 0.717) is 13.1 Å². The van der Waals surface area contributed by atoms with Crippen LogP contribution in [-0.2, 0) is 19.4 Å². The summed E-state index contributed by atoms with van der Waals surface area (Å²) in [4.78, 5) is 25.9. The molecule has 2 aromatic rings. The lowest BCUT2D eigenvalue weighted by Gasteiger charge is -2.31. The van der Waals surface area contributed by atoms with E-state index in [0.717, 1.165) is 48.0 Å². The average Bonchev–Trinajstić information content (AvgIpc) is 2.66. The second kappa shape index (κ2) is 7.72. The Morgan fingerprint density at radius 3 is 2.85 bits per heavy atom. The monoisotopic (exact) mass is 353 g/mol. The van der Waals surface area contributed by atoms with Gasteiger partial charge in [0.25, 0.3) is 0 Å². The maximum absolute atomic E-state index is 12.8. The van der Waals surface area contributed by atoms with Gasteiger partial charge in [0.1, 0.15) is 11.6 Å². The van der Waals surface area contributed by atoms with Crippen molar-refractivity contribution in [2.24, 2.45) is 0 Å². The topological polar surface area (TPSA) is 61.4 Å². The lowest BCUT2D eigenvalue weighted by molar-refractivity contribution is 0.206. The summed E-state index contributed by atoms with van der Waals surface area (Å²) in [6.07, 6.45) is 1.70. The normalized spacial score (nSPS) is 13.3. The molecule has 0 unspecified atom stereocenters. The fourth-order valence-electron chi connectivity index (χ4n) is 3.23. The van der Waals surface area contributed by atoms with Crippen LogP contribution < -0.4 is 10.2 Å². The van der Waals surface area contributed by atoms with E-state index >= 15 is 0 Å². The molecule has 26 heavy (non-hydrogen) atoms. The van der Waals surface area contributed by atoms with Crippen LogP contribution in [0, 0.1) is 6.92 Å². The largest absolute Gasteiger partial charge is 0.360 e. The van der Waals surface area contributed by atoms with E-state index in [1.54, 1.807) is 0 Å². The molecule has 1 N–H and O–H groups in total. The molecule has 1 aromatic carbocycles. The molecule has 0 bridgehead atoms. The predicted molar refractivity (Wildman–Crippen MR) is 105 cm³/mol. The predicted octanol–water partition coefficient (Wildman–Crippen LogP) is 3.39. The number of nitrogens with zero attached hydrogens (tertiary/aromatic N) is 4. The summed E-state index contributed by atoms with van der Waals surface area (Å²) in [5.74, 6) is 1.72. The molecule has 0 saturated carbocycles. The van der Waals surface area contributed by atoms with E-state index in [1.165, 1.54) is 5.56 Å². The lowest BCUT2D eigenvalue weighted by atomic mass is 10.1. The summed E-state index contributed by atoms with van der Waals surface area (Å²) in [7, 11) is 2.03. The van der Waals surface area contributed by atoms with Crippen LogP contribution in [0.4, 0.5) is 16.3 Å². The van der Waals surface area contributed by atoms with Crippen molar-refractivity contribution >= 4 is 17.5 Å². The lowest BCUT2D eigenvalue weighted by Crippen LogP contribution is -2.40. The highest BCUT2D eigenvalue weighted by atomic mass is 16.2. The van der Waals surface area contributed by atoms with E-state index in [1.807, 2.05) is 37.1 Å². The molecule has 2 heterocycles. The molecule has 0 radical (unpaired) electrons. The molecule has 0 saturated heterocycles. The summed E-state index contributed by atoms with van der Waals surface area (Å²) in [5, 5.41) is 3.02. The molecule has 0 aliphatic carbocycles. The Labute approximate surface area is 155 Å². The van der Waals surface area contributed by atoms with Gasteiger partial charge in [-0.3, -0.25) is 0 Å². The number of urea groups is 1. The Balaban J connectivity index is 1.79. The Hall–Kier alpha value is -2.63. The van der Waals surface area contributed by atoms with Gasteiger partial charge < -0.3 is 15.1 Å². The fourth-order valence-corrected chi connectivity index (χ4v) is 3.23. The highest BCUT2D eigenvalue weighted by Crippen LogP contribution is 2.26. The molecule has 2 amide bonds. The van der Waals surface area contributed by atoms with E-state index in [2.05, 4.69) is 40.1 Å². The number of aryl methyl sites for hydroxylation is 2. The van der Waals surface area contributed by atoms with Crippen molar-refractivity contribution in [2.45, 2.75) is 40.2 Å². The molecule has 138 valence electrons. The van der Waals surface area contributed by atoms with Crippen LogP contribution in [0.25, 0.3) is 0 Å². The van der Waals surface area contributed by atoms with Gasteiger partial charge in [-0.2, -0.15) is 0 Å². The molecule has 6 heteroatoms. The van der Waals surface area contributed by atoms with Crippen molar-refractivity contribution in [3.8, 4) is 0 Å². The standard InChI is InChI=1S/C20H27N5O/c1-5-15-8-7-9-16(12-15)23-20(26)25-11-10-18-17(13-25)19(24(4)6-2)22-14(3)21-18/h7-9,12H,5-6,10-11,13H2,1-4H3,(H,23,26). The van der Waals surface area contributed by atoms with Crippen molar-refractivity contribution in [1.29, 1.82) is 0 Å². The summed E-state index contributed by atoms with van der Waals surface area (Å²) in [6, 6.07) is 7.93.